The Balaban J connectivity index is 1.87. The number of nitrogens with one attached hydrogen (secondary N) is 2. The lowest BCUT2D eigenvalue weighted by atomic mass is 9.97. The summed E-state index contributed by atoms with van der Waals surface area (Å²) in [6, 6.07) is 3.67. The van der Waals surface area contributed by atoms with Gasteiger partial charge in [-0.3, -0.25) is 4.79 Å². The molecule has 0 radical (unpaired) electrons. The van der Waals surface area contributed by atoms with Gasteiger partial charge in [0.1, 0.15) is 5.69 Å². The zero-order chi connectivity index (χ0) is 11.4. The maximum absolute atomic E-state index is 12.0. The number of aromatic nitrogens is 1. The summed E-state index contributed by atoms with van der Waals surface area (Å²) in [5.74, 6) is 0.730. The smallest absolute Gasteiger partial charge is 0.270 e. The number of aromatic amines is 1. The van der Waals surface area contributed by atoms with Crippen LogP contribution in [0.3, 0.4) is 0 Å². The standard InChI is InChI=1S/C12H19N3O/c1-15(9-10-4-7-13-8-5-10)12(16)11-3-2-6-14-11/h2-3,6,10,13-14H,4-5,7-9H2,1H3. The van der Waals surface area contributed by atoms with E-state index in [1.54, 1.807) is 6.20 Å². The van der Waals surface area contributed by atoms with Gasteiger partial charge >= 0.3 is 0 Å². The van der Waals surface area contributed by atoms with Crippen LogP contribution < -0.4 is 5.32 Å². The van der Waals surface area contributed by atoms with E-state index in [2.05, 4.69) is 10.3 Å². The number of carbonyl (C=O) groups is 1. The first-order chi connectivity index (χ1) is 7.77. The molecule has 88 valence electrons. The molecule has 2 heterocycles. The highest BCUT2D eigenvalue weighted by atomic mass is 16.2. The van der Waals surface area contributed by atoms with Crippen LogP contribution in [0.1, 0.15) is 23.3 Å². The van der Waals surface area contributed by atoms with Crippen molar-refractivity contribution in [1.29, 1.82) is 0 Å². The quantitative estimate of drug-likeness (QED) is 0.802. The van der Waals surface area contributed by atoms with E-state index in [0.29, 0.717) is 11.6 Å². The predicted molar refractivity (Wildman–Crippen MR) is 63.3 cm³/mol. The summed E-state index contributed by atoms with van der Waals surface area (Å²) in [4.78, 5) is 16.7. The molecule has 1 aliphatic heterocycles. The molecule has 2 N–H and O–H groups in total. The number of amides is 1. The number of carbonyl (C=O) groups excluding carboxylic acids is 1. The molecule has 0 atom stereocenters. The topological polar surface area (TPSA) is 48.1 Å². The molecule has 0 unspecified atom stereocenters. The van der Waals surface area contributed by atoms with Crippen LogP contribution in [0.4, 0.5) is 0 Å². The minimum atomic E-state index is 0.0866. The number of hydrogen-bond donors (Lipinski definition) is 2. The van der Waals surface area contributed by atoms with Gasteiger partial charge in [0.25, 0.3) is 5.91 Å². The van der Waals surface area contributed by atoms with Gasteiger partial charge in [-0.1, -0.05) is 0 Å². The molecule has 16 heavy (non-hydrogen) atoms. The first-order valence-corrected chi connectivity index (χ1v) is 5.87. The van der Waals surface area contributed by atoms with E-state index < -0.39 is 0 Å². The molecule has 4 nitrogen and oxygen atoms in total. The first kappa shape index (κ1) is 11.2. The van der Waals surface area contributed by atoms with E-state index >= 15 is 0 Å². The third kappa shape index (κ3) is 2.64. The van der Waals surface area contributed by atoms with Crippen molar-refractivity contribution >= 4 is 5.91 Å². The highest BCUT2D eigenvalue weighted by Gasteiger charge is 2.19. The van der Waals surface area contributed by atoms with Crippen molar-refractivity contribution in [3.05, 3.63) is 24.0 Å². The Bertz CT molecular complexity index is 328. The molecule has 1 amide bonds. The SMILES string of the molecule is CN(CC1CCNCC1)C(=O)c1ccc[nH]1. The Kier molecular flexibility index (Phi) is 3.62. The molecule has 2 rings (SSSR count). The second-order valence-corrected chi connectivity index (χ2v) is 4.46. The van der Waals surface area contributed by atoms with Gasteiger partial charge in [0.15, 0.2) is 0 Å². The van der Waals surface area contributed by atoms with E-state index in [-0.39, 0.29) is 5.91 Å². The van der Waals surface area contributed by atoms with Crippen molar-refractivity contribution in [2.45, 2.75) is 12.8 Å². The van der Waals surface area contributed by atoms with Crippen LogP contribution in [-0.2, 0) is 0 Å². The zero-order valence-electron chi connectivity index (χ0n) is 9.70. The van der Waals surface area contributed by atoms with Gasteiger partial charge in [0.2, 0.25) is 0 Å². The van der Waals surface area contributed by atoms with Crippen LogP contribution in [0.25, 0.3) is 0 Å². The van der Waals surface area contributed by atoms with Gasteiger partial charge in [-0.05, 0) is 44.0 Å². The van der Waals surface area contributed by atoms with Crippen LogP contribution in [0.15, 0.2) is 18.3 Å². The number of nitrogens with zero attached hydrogens (tertiary/aromatic N) is 1. The number of rotatable bonds is 3. The van der Waals surface area contributed by atoms with Gasteiger partial charge in [0.05, 0.1) is 0 Å². The molecule has 0 aromatic carbocycles. The van der Waals surface area contributed by atoms with Crippen LogP contribution in [0.5, 0.6) is 0 Å². The lowest BCUT2D eigenvalue weighted by Crippen LogP contribution is -2.37. The fraction of sp³-hybridized carbons (Fsp3) is 0.583. The Morgan fingerprint density at radius 3 is 2.88 bits per heavy atom. The highest BCUT2D eigenvalue weighted by Crippen LogP contribution is 2.13. The average molecular weight is 221 g/mol. The normalized spacial score (nSPS) is 17.3. The summed E-state index contributed by atoms with van der Waals surface area (Å²) in [5, 5.41) is 3.34. The number of piperidine rings is 1. The maximum Gasteiger partial charge on any atom is 0.270 e. The minimum Gasteiger partial charge on any atom is -0.357 e. The van der Waals surface area contributed by atoms with Crippen molar-refractivity contribution in [2.24, 2.45) is 5.92 Å². The van der Waals surface area contributed by atoms with Crippen LogP contribution >= 0.6 is 0 Å². The molecule has 0 aliphatic carbocycles. The Labute approximate surface area is 96.0 Å². The number of H-pyrrole nitrogens is 1. The molecular formula is C12H19N3O. The summed E-state index contributed by atoms with van der Waals surface area (Å²) < 4.78 is 0. The Hall–Kier alpha value is -1.29. The molecule has 0 saturated carbocycles. The Morgan fingerprint density at radius 1 is 1.50 bits per heavy atom. The van der Waals surface area contributed by atoms with E-state index in [4.69, 9.17) is 0 Å². The van der Waals surface area contributed by atoms with Crippen molar-refractivity contribution in [3.63, 3.8) is 0 Å². The Morgan fingerprint density at radius 2 is 2.25 bits per heavy atom. The minimum absolute atomic E-state index is 0.0866. The van der Waals surface area contributed by atoms with E-state index in [1.807, 2.05) is 24.1 Å². The molecule has 0 spiro atoms. The lowest BCUT2D eigenvalue weighted by molar-refractivity contribution is 0.0757. The van der Waals surface area contributed by atoms with Crippen molar-refractivity contribution in [3.8, 4) is 0 Å². The molecule has 1 aromatic heterocycles. The van der Waals surface area contributed by atoms with Crippen LogP contribution in [-0.4, -0.2) is 42.5 Å². The molecule has 1 saturated heterocycles. The van der Waals surface area contributed by atoms with E-state index in [1.165, 1.54) is 12.8 Å². The summed E-state index contributed by atoms with van der Waals surface area (Å²) >= 11 is 0. The van der Waals surface area contributed by atoms with Gasteiger partial charge in [-0.2, -0.15) is 0 Å². The monoisotopic (exact) mass is 221 g/mol. The molecule has 1 aromatic rings. The van der Waals surface area contributed by atoms with Crippen molar-refractivity contribution in [2.75, 3.05) is 26.7 Å². The van der Waals surface area contributed by atoms with Crippen LogP contribution in [0.2, 0.25) is 0 Å². The maximum atomic E-state index is 12.0. The van der Waals surface area contributed by atoms with E-state index in [0.717, 1.165) is 19.6 Å². The van der Waals surface area contributed by atoms with Crippen LogP contribution in [0, 0.1) is 5.92 Å². The molecule has 1 aliphatic rings. The summed E-state index contributed by atoms with van der Waals surface area (Å²) in [6.45, 7) is 3.02. The summed E-state index contributed by atoms with van der Waals surface area (Å²) in [6.07, 6.45) is 4.12. The molecule has 0 bridgehead atoms. The largest absolute Gasteiger partial charge is 0.357 e. The zero-order valence-corrected chi connectivity index (χ0v) is 9.70. The van der Waals surface area contributed by atoms with Gasteiger partial charge in [-0.15, -0.1) is 0 Å². The second-order valence-electron chi connectivity index (χ2n) is 4.46. The molecule has 1 fully saturated rings. The first-order valence-electron chi connectivity index (χ1n) is 5.87. The highest BCUT2D eigenvalue weighted by molar-refractivity contribution is 5.92. The summed E-state index contributed by atoms with van der Waals surface area (Å²) in [5.41, 5.74) is 0.677. The van der Waals surface area contributed by atoms with Gasteiger partial charge < -0.3 is 15.2 Å². The fourth-order valence-corrected chi connectivity index (χ4v) is 2.20. The average Bonchev–Trinajstić information content (AvgIpc) is 2.83. The predicted octanol–water partition coefficient (Wildman–Crippen LogP) is 1.09. The fourth-order valence-electron chi connectivity index (χ4n) is 2.20. The third-order valence-corrected chi connectivity index (χ3v) is 3.17. The molecule has 4 heteroatoms. The summed E-state index contributed by atoms with van der Waals surface area (Å²) in [7, 11) is 1.88. The third-order valence-electron chi connectivity index (χ3n) is 3.17. The lowest BCUT2D eigenvalue weighted by Gasteiger charge is -2.27. The van der Waals surface area contributed by atoms with E-state index in [9.17, 15) is 4.79 Å². The van der Waals surface area contributed by atoms with Crippen molar-refractivity contribution in [1.82, 2.24) is 15.2 Å². The number of hydrogen-bond acceptors (Lipinski definition) is 2. The van der Waals surface area contributed by atoms with Gasteiger partial charge in [0, 0.05) is 19.8 Å². The van der Waals surface area contributed by atoms with Gasteiger partial charge in [-0.25, -0.2) is 0 Å². The second kappa shape index (κ2) is 5.16. The van der Waals surface area contributed by atoms with Crippen molar-refractivity contribution < 1.29 is 4.79 Å². The molecular weight excluding hydrogens is 202 g/mol.